The van der Waals surface area contributed by atoms with Gasteiger partial charge in [-0.25, -0.2) is 4.79 Å². The molecule has 2 aliphatic heterocycles. The van der Waals surface area contributed by atoms with Crippen LogP contribution in [0.25, 0.3) is 42.8 Å². The van der Waals surface area contributed by atoms with Crippen LogP contribution in [0.4, 0.5) is 5.69 Å². The Morgan fingerprint density at radius 3 is 2.26 bits per heavy atom. The number of fused-ring (bicyclic) bond motifs is 3. The molecule has 0 unspecified atom stereocenters. The number of hydrogen-bond acceptors (Lipinski definition) is 10. The van der Waals surface area contributed by atoms with E-state index >= 15 is 0 Å². The predicted molar refractivity (Wildman–Crippen MR) is 119 cm³/mol. The van der Waals surface area contributed by atoms with Gasteiger partial charge in [0.05, 0.1) is 5.56 Å². The van der Waals surface area contributed by atoms with Gasteiger partial charge in [-0.3, -0.25) is 0 Å². The molecule has 14 nitrogen and oxygen atoms in total. The molecular formula is C21H13N7O7. The van der Waals surface area contributed by atoms with Crippen LogP contribution in [-0.4, -0.2) is 26.2 Å². The summed E-state index contributed by atoms with van der Waals surface area (Å²) in [4.78, 5) is 30.0. The maximum atomic E-state index is 12.8. The summed E-state index contributed by atoms with van der Waals surface area (Å²) in [5.41, 5.74) is 18.7. The Kier molecular flexibility index (Phi) is 5.55. The maximum Gasteiger partial charge on any atom is 0.339 e. The van der Waals surface area contributed by atoms with Gasteiger partial charge in [0.1, 0.15) is 12.3 Å². The Hall–Kier alpha value is -5.19. The molecule has 0 N–H and O–H groups in total. The molecule has 0 saturated heterocycles. The van der Waals surface area contributed by atoms with E-state index in [4.69, 9.17) is 34.7 Å². The number of carbonyl (C=O) groups excluding carboxylic acids is 1. The smallest absolute Gasteiger partial charge is 0.339 e. The summed E-state index contributed by atoms with van der Waals surface area (Å²) >= 11 is 0. The lowest BCUT2D eigenvalue weighted by Crippen LogP contribution is -2.02. The van der Waals surface area contributed by atoms with Crippen molar-refractivity contribution in [1.82, 2.24) is 0 Å². The standard InChI is InChI=1S/C21H13N7O7/c22-27-24-7-32-16-4-11-12(5-17(16)33-8-25-28-23)20(26-30)13-6-31-21(29)19(13)18(11)10-1-2-14-15(3-10)35-9-34-14/h1-5H,6-9H2. The zero-order chi connectivity index (χ0) is 24.4. The molecule has 5 rings (SSSR count). The van der Waals surface area contributed by atoms with Gasteiger partial charge >= 0.3 is 5.97 Å². The molecule has 0 amide bonds. The summed E-state index contributed by atoms with van der Waals surface area (Å²) < 4.78 is 27.2. The van der Waals surface area contributed by atoms with E-state index < -0.39 is 5.97 Å². The number of hydrogen-bond donors (Lipinski definition) is 0. The second-order valence-electron chi connectivity index (χ2n) is 7.17. The first kappa shape index (κ1) is 21.6. The van der Waals surface area contributed by atoms with Crippen molar-refractivity contribution in [2.75, 3.05) is 20.3 Å². The van der Waals surface area contributed by atoms with Crippen LogP contribution in [0.3, 0.4) is 0 Å². The number of ether oxygens (including phenoxy) is 5. The lowest BCUT2D eigenvalue weighted by Gasteiger charge is -2.17. The van der Waals surface area contributed by atoms with Crippen molar-refractivity contribution in [2.24, 2.45) is 15.4 Å². The van der Waals surface area contributed by atoms with E-state index in [-0.39, 0.29) is 49.6 Å². The van der Waals surface area contributed by atoms with E-state index in [0.29, 0.717) is 39.0 Å². The van der Waals surface area contributed by atoms with Gasteiger partial charge in [0.15, 0.2) is 36.5 Å². The van der Waals surface area contributed by atoms with E-state index in [9.17, 15) is 9.70 Å². The number of esters is 1. The molecule has 2 aliphatic rings. The normalized spacial score (nSPS) is 12.9. The summed E-state index contributed by atoms with van der Waals surface area (Å²) in [6, 6.07) is 8.16. The molecular weight excluding hydrogens is 462 g/mol. The fourth-order valence-electron chi connectivity index (χ4n) is 4.04. The van der Waals surface area contributed by atoms with Crippen molar-refractivity contribution in [1.29, 1.82) is 0 Å². The molecule has 0 fully saturated rings. The Labute approximate surface area is 195 Å². The Balaban J connectivity index is 1.81. The van der Waals surface area contributed by atoms with Gasteiger partial charge in [-0.1, -0.05) is 16.3 Å². The zero-order valence-corrected chi connectivity index (χ0v) is 17.7. The maximum absolute atomic E-state index is 12.8. The highest BCUT2D eigenvalue weighted by Gasteiger charge is 2.33. The molecule has 0 atom stereocenters. The average Bonchev–Trinajstić information content (AvgIpc) is 3.49. The number of benzene rings is 3. The number of azide groups is 2. The Morgan fingerprint density at radius 2 is 1.57 bits per heavy atom. The third-order valence-electron chi connectivity index (χ3n) is 5.43. The van der Waals surface area contributed by atoms with E-state index in [1.807, 2.05) is 0 Å². The first-order valence-electron chi connectivity index (χ1n) is 10.0. The SMILES string of the molecule is [N-]=[N+]=NCOc1cc2c(N=O)c3c(c(-c4ccc5c(c4)OCO5)c2cc1OCN=[N+]=[N-])C(=O)OC3. The van der Waals surface area contributed by atoms with Gasteiger partial charge in [0.25, 0.3) is 0 Å². The minimum Gasteiger partial charge on any atom is -0.484 e. The molecule has 0 bridgehead atoms. The van der Waals surface area contributed by atoms with E-state index in [1.165, 1.54) is 12.1 Å². The van der Waals surface area contributed by atoms with Crippen LogP contribution < -0.4 is 18.9 Å². The first-order valence-corrected chi connectivity index (χ1v) is 10.0. The fraction of sp³-hybridized carbons (Fsp3) is 0.190. The second kappa shape index (κ2) is 8.98. The minimum atomic E-state index is -0.611. The monoisotopic (exact) mass is 475 g/mol. The number of rotatable bonds is 8. The minimum absolute atomic E-state index is 0.000531. The van der Waals surface area contributed by atoms with Crippen LogP contribution >= 0.6 is 0 Å². The third kappa shape index (κ3) is 3.70. The molecule has 174 valence electrons. The first-order chi connectivity index (χ1) is 17.2. The van der Waals surface area contributed by atoms with Crippen LogP contribution in [0.15, 0.2) is 45.7 Å². The van der Waals surface area contributed by atoms with Crippen LogP contribution in [-0.2, 0) is 11.3 Å². The van der Waals surface area contributed by atoms with Crippen molar-refractivity contribution in [3.8, 4) is 34.1 Å². The second-order valence-corrected chi connectivity index (χ2v) is 7.17. The summed E-state index contributed by atoms with van der Waals surface area (Å²) in [5, 5.41) is 10.6. The number of nitroso groups, excluding NO2 is 1. The highest BCUT2D eigenvalue weighted by Crippen LogP contribution is 2.49. The third-order valence-corrected chi connectivity index (χ3v) is 5.43. The van der Waals surface area contributed by atoms with Gasteiger partial charge in [0, 0.05) is 26.3 Å². The van der Waals surface area contributed by atoms with Crippen LogP contribution in [0.1, 0.15) is 15.9 Å². The van der Waals surface area contributed by atoms with Crippen LogP contribution in [0.2, 0.25) is 0 Å². The van der Waals surface area contributed by atoms with Gasteiger partial charge in [0.2, 0.25) is 6.79 Å². The molecule has 2 heterocycles. The topological polar surface area (TPSA) is 190 Å². The van der Waals surface area contributed by atoms with E-state index in [0.717, 1.165) is 0 Å². The quantitative estimate of drug-likeness (QED) is 0.133. The summed E-state index contributed by atoms with van der Waals surface area (Å²) in [5.74, 6) is 0.644. The molecule has 0 aliphatic carbocycles. The van der Waals surface area contributed by atoms with Crippen molar-refractivity contribution >= 4 is 22.4 Å². The number of cyclic esters (lactones) is 1. The van der Waals surface area contributed by atoms with E-state index in [1.54, 1.807) is 18.2 Å². The number of nitrogens with zero attached hydrogens (tertiary/aromatic N) is 7. The van der Waals surface area contributed by atoms with E-state index in [2.05, 4.69) is 25.2 Å². The zero-order valence-electron chi connectivity index (χ0n) is 17.7. The van der Waals surface area contributed by atoms with Crippen LogP contribution in [0, 0.1) is 4.91 Å². The predicted octanol–water partition coefficient (Wildman–Crippen LogP) is 5.60. The van der Waals surface area contributed by atoms with Gasteiger partial charge in [-0.15, -0.1) is 4.91 Å². The Morgan fingerprint density at radius 1 is 0.886 bits per heavy atom. The molecule has 35 heavy (non-hydrogen) atoms. The fourth-order valence-corrected chi connectivity index (χ4v) is 4.04. The van der Waals surface area contributed by atoms with Crippen molar-refractivity contribution in [3.63, 3.8) is 0 Å². The van der Waals surface area contributed by atoms with Crippen molar-refractivity contribution in [2.45, 2.75) is 6.61 Å². The van der Waals surface area contributed by atoms with Crippen LogP contribution in [0.5, 0.6) is 23.0 Å². The molecule has 0 spiro atoms. The highest BCUT2D eigenvalue weighted by molar-refractivity contribution is 6.15. The number of carbonyl (C=O) groups is 1. The largest absolute Gasteiger partial charge is 0.484 e. The summed E-state index contributed by atoms with van der Waals surface area (Å²) in [6.45, 7) is -0.806. The molecule has 0 aromatic heterocycles. The highest BCUT2D eigenvalue weighted by atomic mass is 16.7. The van der Waals surface area contributed by atoms with Crippen molar-refractivity contribution in [3.05, 3.63) is 67.3 Å². The summed E-state index contributed by atoms with van der Waals surface area (Å²) in [7, 11) is 0. The molecule has 3 aromatic carbocycles. The summed E-state index contributed by atoms with van der Waals surface area (Å²) in [6.07, 6.45) is 0. The Bertz CT molecular complexity index is 1490. The van der Waals surface area contributed by atoms with Crippen molar-refractivity contribution < 1.29 is 28.5 Å². The molecule has 3 aromatic rings. The van der Waals surface area contributed by atoms with Gasteiger partial charge in [-0.2, -0.15) is 0 Å². The molecule has 0 saturated carbocycles. The van der Waals surface area contributed by atoms with Gasteiger partial charge < -0.3 is 23.7 Å². The van der Waals surface area contributed by atoms with Gasteiger partial charge in [-0.05, 0) is 51.5 Å². The lowest BCUT2D eigenvalue weighted by molar-refractivity contribution is 0.0536. The molecule has 0 radical (unpaired) electrons. The molecule has 14 heteroatoms. The lowest BCUT2D eigenvalue weighted by atomic mass is 9.88. The average molecular weight is 475 g/mol.